The maximum absolute atomic E-state index is 7.49. The number of nitrogen functional groups attached to an aromatic ring is 1. The van der Waals surface area contributed by atoms with Crippen LogP contribution in [0.1, 0.15) is 37.8 Å². The van der Waals surface area contributed by atoms with Crippen molar-refractivity contribution < 1.29 is 0 Å². The molecule has 1 aliphatic heterocycles. The largest absolute Gasteiger partial charge is 0.382 e. The van der Waals surface area contributed by atoms with Crippen molar-refractivity contribution in [2.75, 3.05) is 11.4 Å². The molecular weight excluding hydrogens is 224 g/mol. The molecule has 1 aromatic rings. The minimum Gasteiger partial charge on any atom is -0.382 e. The van der Waals surface area contributed by atoms with Crippen LogP contribution in [0.2, 0.25) is 0 Å². The molecule has 0 bridgehead atoms. The molecule has 4 heteroatoms. The third-order valence-corrected chi connectivity index (χ3v) is 4.30. The lowest BCUT2D eigenvalue weighted by Crippen LogP contribution is -2.43. The average molecular weight is 244 g/mol. The molecule has 4 nitrogen and oxygen atoms in total. The lowest BCUT2D eigenvalue weighted by atomic mass is 9.92. The standard InChI is InChI=1S/C14H20N4/c15-14(16)11-6-2-8-13(17-11)18-9-3-5-10-4-1-7-12(10)18/h2,6,8,10,12H,1,3-5,7,9H2,(H3,15,16). The quantitative estimate of drug-likeness (QED) is 0.618. The summed E-state index contributed by atoms with van der Waals surface area (Å²) in [5, 5.41) is 7.49. The van der Waals surface area contributed by atoms with Crippen molar-refractivity contribution in [2.45, 2.75) is 38.1 Å². The summed E-state index contributed by atoms with van der Waals surface area (Å²) in [5.41, 5.74) is 6.11. The summed E-state index contributed by atoms with van der Waals surface area (Å²) in [6.45, 7) is 1.09. The monoisotopic (exact) mass is 244 g/mol. The summed E-state index contributed by atoms with van der Waals surface area (Å²) in [6.07, 6.45) is 6.63. The van der Waals surface area contributed by atoms with Crippen LogP contribution in [0.5, 0.6) is 0 Å². The molecule has 2 fully saturated rings. The predicted molar refractivity (Wildman–Crippen MR) is 73.0 cm³/mol. The highest BCUT2D eigenvalue weighted by Crippen LogP contribution is 2.38. The Balaban J connectivity index is 1.89. The molecule has 2 aliphatic rings. The number of aromatic nitrogens is 1. The van der Waals surface area contributed by atoms with Gasteiger partial charge in [0.25, 0.3) is 0 Å². The van der Waals surface area contributed by atoms with Crippen LogP contribution in [0.25, 0.3) is 0 Å². The second-order valence-corrected chi connectivity index (χ2v) is 5.39. The van der Waals surface area contributed by atoms with E-state index in [-0.39, 0.29) is 5.84 Å². The summed E-state index contributed by atoms with van der Waals surface area (Å²) in [7, 11) is 0. The maximum atomic E-state index is 7.49. The van der Waals surface area contributed by atoms with Crippen LogP contribution >= 0.6 is 0 Å². The fourth-order valence-electron chi connectivity index (χ4n) is 3.47. The highest BCUT2D eigenvalue weighted by molar-refractivity contribution is 5.93. The number of rotatable bonds is 2. The van der Waals surface area contributed by atoms with Gasteiger partial charge in [-0.3, -0.25) is 5.41 Å². The number of piperidine rings is 1. The first-order chi connectivity index (χ1) is 8.75. The summed E-state index contributed by atoms with van der Waals surface area (Å²) in [6, 6.07) is 6.47. The van der Waals surface area contributed by atoms with E-state index >= 15 is 0 Å². The minimum atomic E-state index is 0.0526. The van der Waals surface area contributed by atoms with E-state index in [4.69, 9.17) is 11.1 Å². The smallest absolute Gasteiger partial charge is 0.141 e. The Morgan fingerprint density at radius 2 is 2.11 bits per heavy atom. The van der Waals surface area contributed by atoms with Gasteiger partial charge in [-0.2, -0.15) is 0 Å². The molecule has 0 radical (unpaired) electrons. The van der Waals surface area contributed by atoms with Gasteiger partial charge in [0.2, 0.25) is 0 Å². The van der Waals surface area contributed by atoms with Crippen molar-refractivity contribution in [3.63, 3.8) is 0 Å². The Hall–Kier alpha value is -1.58. The van der Waals surface area contributed by atoms with Crippen LogP contribution in [0, 0.1) is 11.3 Å². The van der Waals surface area contributed by atoms with Gasteiger partial charge in [-0.1, -0.05) is 12.5 Å². The Morgan fingerprint density at radius 3 is 2.94 bits per heavy atom. The first-order valence-corrected chi connectivity index (χ1v) is 6.84. The van der Waals surface area contributed by atoms with E-state index < -0.39 is 0 Å². The van der Waals surface area contributed by atoms with Crippen molar-refractivity contribution in [3.8, 4) is 0 Å². The van der Waals surface area contributed by atoms with E-state index in [1.165, 1.54) is 32.1 Å². The van der Waals surface area contributed by atoms with Gasteiger partial charge in [0, 0.05) is 12.6 Å². The highest BCUT2D eigenvalue weighted by atomic mass is 15.2. The first-order valence-electron chi connectivity index (χ1n) is 6.84. The van der Waals surface area contributed by atoms with Crippen molar-refractivity contribution in [3.05, 3.63) is 23.9 Å². The van der Waals surface area contributed by atoms with Crippen LogP contribution in [0.4, 0.5) is 5.82 Å². The van der Waals surface area contributed by atoms with Gasteiger partial charge in [-0.15, -0.1) is 0 Å². The van der Waals surface area contributed by atoms with Crippen LogP contribution in [0.15, 0.2) is 18.2 Å². The van der Waals surface area contributed by atoms with Crippen molar-refractivity contribution >= 4 is 11.7 Å². The number of nitrogens with two attached hydrogens (primary N) is 1. The average Bonchev–Trinajstić information content (AvgIpc) is 2.87. The number of nitrogens with one attached hydrogen (secondary N) is 1. The molecule has 2 atom stereocenters. The summed E-state index contributed by atoms with van der Waals surface area (Å²) >= 11 is 0. The third-order valence-electron chi connectivity index (χ3n) is 4.30. The molecule has 0 amide bonds. The Kier molecular flexibility index (Phi) is 2.94. The predicted octanol–water partition coefficient (Wildman–Crippen LogP) is 2.13. The van der Waals surface area contributed by atoms with E-state index in [0.717, 1.165) is 18.3 Å². The minimum absolute atomic E-state index is 0.0526. The van der Waals surface area contributed by atoms with E-state index in [9.17, 15) is 0 Å². The van der Waals surface area contributed by atoms with Crippen LogP contribution < -0.4 is 10.6 Å². The van der Waals surface area contributed by atoms with E-state index in [2.05, 4.69) is 9.88 Å². The molecule has 18 heavy (non-hydrogen) atoms. The van der Waals surface area contributed by atoms with E-state index in [1.54, 1.807) is 0 Å². The third kappa shape index (κ3) is 1.96. The lowest BCUT2D eigenvalue weighted by Gasteiger charge is -2.38. The SMILES string of the molecule is N=C(N)c1cccc(N2CCCC3CCCC32)n1. The second-order valence-electron chi connectivity index (χ2n) is 5.39. The summed E-state index contributed by atoms with van der Waals surface area (Å²) < 4.78 is 0. The zero-order chi connectivity index (χ0) is 12.5. The topological polar surface area (TPSA) is 66.0 Å². The number of hydrogen-bond donors (Lipinski definition) is 2. The van der Waals surface area contributed by atoms with E-state index in [0.29, 0.717) is 11.7 Å². The lowest BCUT2D eigenvalue weighted by molar-refractivity contribution is 0.360. The molecule has 1 aliphatic carbocycles. The van der Waals surface area contributed by atoms with Gasteiger partial charge >= 0.3 is 0 Å². The number of hydrogen-bond acceptors (Lipinski definition) is 3. The van der Waals surface area contributed by atoms with Gasteiger partial charge < -0.3 is 10.6 Å². The number of pyridine rings is 1. The molecule has 1 saturated carbocycles. The molecule has 0 aromatic carbocycles. The van der Waals surface area contributed by atoms with E-state index in [1.807, 2.05) is 18.2 Å². The maximum Gasteiger partial charge on any atom is 0.141 e. The fraction of sp³-hybridized carbons (Fsp3) is 0.571. The molecular formula is C14H20N4. The molecule has 3 rings (SSSR count). The molecule has 1 aromatic heterocycles. The summed E-state index contributed by atoms with van der Waals surface area (Å²) in [5.74, 6) is 1.90. The summed E-state index contributed by atoms with van der Waals surface area (Å²) in [4.78, 5) is 6.97. The van der Waals surface area contributed by atoms with Crippen LogP contribution in [-0.4, -0.2) is 23.4 Å². The molecule has 2 heterocycles. The number of anilines is 1. The van der Waals surface area contributed by atoms with Crippen LogP contribution in [0.3, 0.4) is 0 Å². The van der Waals surface area contributed by atoms with Crippen molar-refractivity contribution in [1.82, 2.24) is 4.98 Å². The first kappa shape index (κ1) is 11.5. The van der Waals surface area contributed by atoms with Gasteiger partial charge in [-0.05, 0) is 43.7 Å². The van der Waals surface area contributed by atoms with Crippen molar-refractivity contribution in [2.24, 2.45) is 11.7 Å². The Morgan fingerprint density at radius 1 is 1.28 bits per heavy atom. The molecule has 3 N–H and O–H groups in total. The normalized spacial score (nSPS) is 27.0. The molecule has 2 unspecified atom stereocenters. The van der Waals surface area contributed by atoms with Crippen LogP contribution in [-0.2, 0) is 0 Å². The fourth-order valence-corrected chi connectivity index (χ4v) is 3.47. The zero-order valence-corrected chi connectivity index (χ0v) is 10.6. The zero-order valence-electron chi connectivity index (χ0n) is 10.6. The molecule has 0 spiro atoms. The number of nitrogens with zero attached hydrogens (tertiary/aromatic N) is 2. The second kappa shape index (κ2) is 4.59. The highest BCUT2D eigenvalue weighted by Gasteiger charge is 2.35. The molecule has 1 saturated heterocycles. The Labute approximate surface area is 108 Å². The van der Waals surface area contributed by atoms with Gasteiger partial charge in [0.1, 0.15) is 17.3 Å². The molecule has 96 valence electrons. The van der Waals surface area contributed by atoms with Gasteiger partial charge in [-0.25, -0.2) is 4.98 Å². The van der Waals surface area contributed by atoms with Gasteiger partial charge in [0.05, 0.1) is 0 Å². The van der Waals surface area contributed by atoms with Gasteiger partial charge in [0.15, 0.2) is 0 Å². The Bertz CT molecular complexity index is 457. The number of fused-ring (bicyclic) bond motifs is 1. The number of amidine groups is 1. The van der Waals surface area contributed by atoms with Crippen molar-refractivity contribution in [1.29, 1.82) is 5.41 Å².